The van der Waals surface area contributed by atoms with Crippen LogP contribution < -0.4 is 15.1 Å². The van der Waals surface area contributed by atoms with Crippen LogP contribution in [0.1, 0.15) is 29.8 Å². The van der Waals surface area contributed by atoms with Crippen molar-refractivity contribution in [1.82, 2.24) is 0 Å². The highest BCUT2D eigenvalue weighted by molar-refractivity contribution is 6.11. The molecule has 1 atom stereocenters. The number of nitrogens with one attached hydrogen (secondary N) is 1. The first-order chi connectivity index (χ1) is 12.1. The maximum Gasteiger partial charge on any atom is 0.258 e. The molecule has 0 bridgehead atoms. The van der Waals surface area contributed by atoms with Gasteiger partial charge in [0, 0.05) is 31.3 Å². The highest BCUT2D eigenvalue weighted by Crippen LogP contribution is 2.36. The molecule has 2 aliphatic rings. The van der Waals surface area contributed by atoms with Crippen molar-refractivity contribution in [3.05, 3.63) is 53.6 Å². The Hall–Kier alpha value is -2.82. The van der Waals surface area contributed by atoms with Gasteiger partial charge < -0.3 is 15.1 Å². The molecule has 2 heterocycles. The van der Waals surface area contributed by atoms with Gasteiger partial charge in [-0.15, -0.1) is 0 Å². The van der Waals surface area contributed by atoms with Crippen LogP contribution in [0.25, 0.3) is 0 Å². The van der Waals surface area contributed by atoms with Crippen LogP contribution in [0.5, 0.6) is 0 Å². The number of hydrogen-bond acceptors (Lipinski definition) is 3. The standard InChI is InChI=1S/C20H21N3O2/c1-13-12-22(18-5-3-4-6-19(18)23(13)14(2)24)20(25)16-8-7-15-9-10-21-17(15)11-16/h3-8,11,13,21H,9-10,12H2,1-2H3/t13-/m0/s1. The van der Waals surface area contributed by atoms with Crippen LogP contribution in [0.3, 0.4) is 0 Å². The highest BCUT2D eigenvalue weighted by atomic mass is 16.2. The summed E-state index contributed by atoms with van der Waals surface area (Å²) in [6, 6.07) is 13.4. The van der Waals surface area contributed by atoms with Gasteiger partial charge in [0.05, 0.1) is 17.4 Å². The Morgan fingerprint density at radius 1 is 1.12 bits per heavy atom. The van der Waals surface area contributed by atoms with Crippen LogP contribution in [-0.4, -0.2) is 30.9 Å². The number of carbonyl (C=O) groups is 2. The summed E-state index contributed by atoms with van der Waals surface area (Å²) < 4.78 is 0. The van der Waals surface area contributed by atoms with Gasteiger partial charge in [0.1, 0.15) is 0 Å². The van der Waals surface area contributed by atoms with E-state index in [9.17, 15) is 9.59 Å². The summed E-state index contributed by atoms with van der Waals surface area (Å²) in [5.41, 5.74) is 4.56. The summed E-state index contributed by atoms with van der Waals surface area (Å²) in [4.78, 5) is 28.8. The SMILES string of the molecule is CC(=O)N1c2ccccc2N(C(=O)c2ccc3c(c2)NCC3)C[C@@H]1C. The molecule has 0 radical (unpaired) electrons. The van der Waals surface area contributed by atoms with Crippen molar-refractivity contribution >= 4 is 28.9 Å². The van der Waals surface area contributed by atoms with Crippen molar-refractivity contribution in [2.24, 2.45) is 0 Å². The summed E-state index contributed by atoms with van der Waals surface area (Å²) >= 11 is 0. The van der Waals surface area contributed by atoms with Crippen LogP contribution in [-0.2, 0) is 11.2 Å². The fourth-order valence-electron chi connectivity index (χ4n) is 3.83. The van der Waals surface area contributed by atoms with E-state index in [1.165, 1.54) is 5.56 Å². The molecule has 0 spiro atoms. The molecular formula is C20H21N3O2. The third-order valence-corrected chi connectivity index (χ3v) is 4.97. The number of nitrogens with zero attached hydrogens (tertiary/aromatic N) is 2. The first kappa shape index (κ1) is 15.7. The van der Waals surface area contributed by atoms with Gasteiger partial charge >= 0.3 is 0 Å². The molecule has 0 fully saturated rings. The minimum Gasteiger partial charge on any atom is -0.384 e. The van der Waals surface area contributed by atoms with Gasteiger partial charge in [-0.1, -0.05) is 18.2 Å². The van der Waals surface area contributed by atoms with E-state index in [-0.39, 0.29) is 17.9 Å². The topological polar surface area (TPSA) is 52.7 Å². The minimum atomic E-state index is -0.0658. The third kappa shape index (κ3) is 2.56. The van der Waals surface area contributed by atoms with Crippen LogP contribution in [0.15, 0.2) is 42.5 Å². The van der Waals surface area contributed by atoms with Crippen molar-refractivity contribution in [2.75, 3.05) is 28.2 Å². The van der Waals surface area contributed by atoms with E-state index in [1.54, 1.807) is 16.7 Å². The monoisotopic (exact) mass is 335 g/mol. The number of amides is 2. The van der Waals surface area contributed by atoms with Crippen LogP contribution >= 0.6 is 0 Å². The second-order valence-electron chi connectivity index (χ2n) is 6.69. The molecule has 2 aromatic rings. The molecule has 2 aromatic carbocycles. The number of para-hydroxylation sites is 2. The Morgan fingerprint density at radius 3 is 2.64 bits per heavy atom. The Kier molecular flexibility index (Phi) is 3.71. The zero-order chi connectivity index (χ0) is 17.6. The quantitative estimate of drug-likeness (QED) is 0.871. The normalized spacial score (nSPS) is 18.4. The van der Waals surface area contributed by atoms with E-state index < -0.39 is 0 Å². The van der Waals surface area contributed by atoms with Gasteiger partial charge in [0.2, 0.25) is 5.91 Å². The zero-order valence-electron chi connectivity index (χ0n) is 14.5. The summed E-state index contributed by atoms with van der Waals surface area (Å²) in [6.45, 7) is 4.95. The van der Waals surface area contributed by atoms with E-state index in [1.807, 2.05) is 49.4 Å². The second-order valence-corrected chi connectivity index (χ2v) is 6.69. The van der Waals surface area contributed by atoms with Gasteiger partial charge in [-0.3, -0.25) is 9.59 Å². The molecule has 5 nitrogen and oxygen atoms in total. The summed E-state index contributed by atoms with van der Waals surface area (Å²) in [5.74, 6) is -0.0345. The molecule has 25 heavy (non-hydrogen) atoms. The summed E-state index contributed by atoms with van der Waals surface area (Å²) in [6.07, 6.45) is 1.00. The maximum absolute atomic E-state index is 13.2. The van der Waals surface area contributed by atoms with E-state index in [0.29, 0.717) is 12.1 Å². The Bertz CT molecular complexity index is 862. The average molecular weight is 335 g/mol. The van der Waals surface area contributed by atoms with Gasteiger partial charge in [0.25, 0.3) is 5.91 Å². The second kappa shape index (κ2) is 5.92. The van der Waals surface area contributed by atoms with E-state index in [2.05, 4.69) is 5.32 Å². The van der Waals surface area contributed by atoms with E-state index in [0.717, 1.165) is 30.0 Å². The third-order valence-electron chi connectivity index (χ3n) is 4.97. The molecule has 5 heteroatoms. The fourth-order valence-corrected chi connectivity index (χ4v) is 3.83. The first-order valence-electron chi connectivity index (χ1n) is 8.64. The van der Waals surface area contributed by atoms with Gasteiger partial charge in [-0.05, 0) is 43.2 Å². The zero-order valence-corrected chi connectivity index (χ0v) is 14.5. The predicted molar refractivity (Wildman–Crippen MR) is 99.4 cm³/mol. The number of rotatable bonds is 1. The Balaban J connectivity index is 1.74. The molecule has 0 saturated heterocycles. The van der Waals surface area contributed by atoms with Crippen LogP contribution in [0.2, 0.25) is 0 Å². The van der Waals surface area contributed by atoms with E-state index in [4.69, 9.17) is 0 Å². The van der Waals surface area contributed by atoms with Crippen molar-refractivity contribution in [2.45, 2.75) is 26.3 Å². The Labute approximate surface area is 147 Å². The average Bonchev–Trinajstić information content (AvgIpc) is 3.07. The summed E-state index contributed by atoms with van der Waals surface area (Å²) in [7, 11) is 0. The lowest BCUT2D eigenvalue weighted by Crippen LogP contribution is -2.51. The number of fused-ring (bicyclic) bond motifs is 2. The first-order valence-corrected chi connectivity index (χ1v) is 8.64. The van der Waals surface area contributed by atoms with Crippen LogP contribution in [0.4, 0.5) is 17.1 Å². The lowest BCUT2D eigenvalue weighted by atomic mass is 10.0. The van der Waals surface area contributed by atoms with Crippen molar-refractivity contribution in [1.29, 1.82) is 0 Å². The number of hydrogen-bond donors (Lipinski definition) is 1. The number of benzene rings is 2. The molecule has 128 valence electrons. The number of anilines is 3. The molecule has 1 N–H and O–H groups in total. The lowest BCUT2D eigenvalue weighted by Gasteiger charge is -2.40. The minimum absolute atomic E-state index is 0.00576. The predicted octanol–water partition coefficient (Wildman–Crippen LogP) is 3.06. The molecule has 0 aromatic heterocycles. The smallest absolute Gasteiger partial charge is 0.258 e. The maximum atomic E-state index is 13.2. The largest absolute Gasteiger partial charge is 0.384 e. The van der Waals surface area contributed by atoms with Gasteiger partial charge in [0.15, 0.2) is 0 Å². The fraction of sp³-hybridized carbons (Fsp3) is 0.300. The molecule has 4 rings (SSSR count). The summed E-state index contributed by atoms with van der Waals surface area (Å²) in [5, 5.41) is 3.32. The van der Waals surface area contributed by atoms with Gasteiger partial charge in [-0.25, -0.2) is 0 Å². The lowest BCUT2D eigenvalue weighted by molar-refractivity contribution is -0.117. The highest BCUT2D eigenvalue weighted by Gasteiger charge is 2.33. The van der Waals surface area contributed by atoms with E-state index >= 15 is 0 Å². The van der Waals surface area contributed by atoms with Crippen molar-refractivity contribution < 1.29 is 9.59 Å². The Morgan fingerprint density at radius 2 is 1.88 bits per heavy atom. The molecular weight excluding hydrogens is 314 g/mol. The molecule has 0 aliphatic carbocycles. The molecule has 2 amide bonds. The van der Waals surface area contributed by atoms with Crippen molar-refractivity contribution in [3.8, 4) is 0 Å². The van der Waals surface area contributed by atoms with Gasteiger partial charge in [-0.2, -0.15) is 0 Å². The molecule has 0 saturated carbocycles. The van der Waals surface area contributed by atoms with Crippen molar-refractivity contribution in [3.63, 3.8) is 0 Å². The number of carbonyl (C=O) groups excluding carboxylic acids is 2. The van der Waals surface area contributed by atoms with Crippen LogP contribution in [0, 0.1) is 0 Å². The molecule has 0 unspecified atom stereocenters. The molecule has 2 aliphatic heterocycles.